The van der Waals surface area contributed by atoms with Crippen LogP contribution in [-0.4, -0.2) is 44.2 Å². The average Bonchev–Trinajstić information content (AvgIpc) is 3.01. The standard InChI is InChI=1S/C9H18N2O2S/c1-10-8-3-2-6-11(7-8)14(12,13)9-4-5-9/h8-10H,2-7H2,1H3/t8-/m0/s1. The molecule has 2 fully saturated rings. The second-order valence-corrected chi connectivity index (χ2v) is 6.44. The summed E-state index contributed by atoms with van der Waals surface area (Å²) < 4.78 is 25.5. The molecule has 0 radical (unpaired) electrons. The number of piperidine rings is 1. The van der Waals surface area contributed by atoms with E-state index in [-0.39, 0.29) is 5.25 Å². The Balaban J connectivity index is 2.03. The van der Waals surface area contributed by atoms with E-state index in [1.54, 1.807) is 4.31 Å². The maximum atomic E-state index is 11.9. The molecule has 82 valence electrons. The molecule has 1 saturated heterocycles. The van der Waals surface area contributed by atoms with Gasteiger partial charge in [-0.3, -0.25) is 0 Å². The predicted octanol–water partition coefficient (Wildman–Crippen LogP) is 0.162. The van der Waals surface area contributed by atoms with Crippen molar-refractivity contribution >= 4 is 10.0 Å². The van der Waals surface area contributed by atoms with E-state index in [4.69, 9.17) is 0 Å². The van der Waals surface area contributed by atoms with Crippen molar-refractivity contribution in [3.8, 4) is 0 Å². The lowest BCUT2D eigenvalue weighted by Gasteiger charge is -2.31. The summed E-state index contributed by atoms with van der Waals surface area (Å²) in [6, 6.07) is 0.345. The van der Waals surface area contributed by atoms with E-state index in [1.807, 2.05) is 7.05 Å². The van der Waals surface area contributed by atoms with Crippen molar-refractivity contribution in [2.75, 3.05) is 20.1 Å². The maximum Gasteiger partial charge on any atom is 0.217 e. The topological polar surface area (TPSA) is 49.4 Å². The lowest BCUT2D eigenvalue weighted by molar-refractivity contribution is 0.292. The summed E-state index contributed by atoms with van der Waals surface area (Å²) >= 11 is 0. The van der Waals surface area contributed by atoms with Gasteiger partial charge in [-0.2, -0.15) is 0 Å². The zero-order valence-corrected chi connectivity index (χ0v) is 9.39. The number of nitrogens with one attached hydrogen (secondary N) is 1. The predicted molar refractivity (Wildman–Crippen MR) is 55.6 cm³/mol. The van der Waals surface area contributed by atoms with Crippen molar-refractivity contribution < 1.29 is 8.42 Å². The molecule has 1 N–H and O–H groups in total. The minimum atomic E-state index is -2.94. The Morgan fingerprint density at radius 1 is 1.29 bits per heavy atom. The summed E-state index contributed by atoms with van der Waals surface area (Å²) in [5.74, 6) is 0. The second kappa shape index (κ2) is 3.79. The summed E-state index contributed by atoms with van der Waals surface area (Å²) in [6.07, 6.45) is 3.80. The molecule has 14 heavy (non-hydrogen) atoms. The Hall–Kier alpha value is -0.130. The van der Waals surface area contributed by atoms with Crippen LogP contribution in [0.1, 0.15) is 25.7 Å². The molecule has 2 aliphatic rings. The Bertz CT molecular complexity index is 298. The molecule has 2 rings (SSSR count). The van der Waals surface area contributed by atoms with Gasteiger partial charge in [-0.05, 0) is 32.7 Å². The van der Waals surface area contributed by atoms with E-state index in [0.717, 1.165) is 32.2 Å². The molecule has 5 heteroatoms. The zero-order chi connectivity index (χ0) is 10.2. The summed E-state index contributed by atoms with van der Waals surface area (Å²) in [6.45, 7) is 1.38. The van der Waals surface area contributed by atoms with Gasteiger partial charge < -0.3 is 5.32 Å². The highest BCUT2D eigenvalue weighted by molar-refractivity contribution is 7.90. The Labute approximate surface area is 85.7 Å². The van der Waals surface area contributed by atoms with Crippen molar-refractivity contribution in [1.82, 2.24) is 9.62 Å². The largest absolute Gasteiger partial charge is 0.316 e. The van der Waals surface area contributed by atoms with Crippen LogP contribution in [-0.2, 0) is 10.0 Å². The lowest BCUT2D eigenvalue weighted by Crippen LogP contribution is -2.47. The van der Waals surface area contributed by atoms with Crippen molar-refractivity contribution in [2.24, 2.45) is 0 Å². The van der Waals surface area contributed by atoms with E-state index in [1.165, 1.54) is 0 Å². The van der Waals surface area contributed by atoms with Crippen LogP contribution in [0.4, 0.5) is 0 Å². The Morgan fingerprint density at radius 2 is 2.00 bits per heavy atom. The van der Waals surface area contributed by atoms with Gasteiger partial charge in [0.25, 0.3) is 0 Å². The number of likely N-dealkylation sites (N-methyl/N-ethyl adjacent to an activating group) is 1. The van der Waals surface area contributed by atoms with Crippen molar-refractivity contribution in [1.29, 1.82) is 0 Å². The first-order valence-corrected chi connectivity index (χ1v) is 6.81. The highest BCUT2D eigenvalue weighted by Crippen LogP contribution is 2.32. The first-order chi connectivity index (χ1) is 6.64. The number of nitrogens with zero attached hydrogens (tertiary/aromatic N) is 1. The fourth-order valence-electron chi connectivity index (χ4n) is 1.99. The monoisotopic (exact) mass is 218 g/mol. The molecule has 1 aliphatic carbocycles. The van der Waals surface area contributed by atoms with Gasteiger partial charge in [0.2, 0.25) is 10.0 Å². The molecule has 0 aromatic heterocycles. The quantitative estimate of drug-likeness (QED) is 0.734. The zero-order valence-electron chi connectivity index (χ0n) is 8.57. The molecule has 0 bridgehead atoms. The molecular formula is C9H18N2O2S. The van der Waals surface area contributed by atoms with Crippen LogP contribution in [0.25, 0.3) is 0 Å². The van der Waals surface area contributed by atoms with Crippen LogP contribution in [0.15, 0.2) is 0 Å². The van der Waals surface area contributed by atoms with Gasteiger partial charge in [0, 0.05) is 19.1 Å². The minimum Gasteiger partial charge on any atom is -0.316 e. The number of hydrogen-bond donors (Lipinski definition) is 1. The third-order valence-electron chi connectivity index (χ3n) is 3.10. The fourth-order valence-corrected chi connectivity index (χ4v) is 3.91. The molecular weight excluding hydrogens is 200 g/mol. The van der Waals surface area contributed by atoms with E-state index in [9.17, 15) is 8.42 Å². The van der Waals surface area contributed by atoms with E-state index < -0.39 is 10.0 Å². The minimum absolute atomic E-state index is 0.0573. The molecule has 1 atom stereocenters. The van der Waals surface area contributed by atoms with E-state index in [2.05, 4.69) is 5.32 Å². The molecule has 0 spiro atoms. The smallest absolute Gasteiger partial charge is 0.217 e. The summed E-state index contributed by atoms with van der Waals surface area (Å²) in [4.78, 5) is 0. The molecule has 1 saturated carbocycles. The highest BCUT2D eigenvalue weighted by atomic mass is 32.2. The number of sulfonamides is 1. The molecule has 4 nitrogen and oxygen atoms in total. The molecule has 0 amide bonds. The van der Waals surface area contributed by atoms with Crippen LogP contribution in [0, 0.1) is 0 Å². The summed E-state index contributed by atoms with van der Waals surface area (Å²) in [7, 11) is -1.04. The van der Waals surface area contributed by atoms with Gasteiger partial charge in [-0.25, -0.2) is 12.7 Å². The van der Waals surface area contributed by atoms with Crippen LogP contribution in [0.3, 0.4) is 0 Å². The van der Waals surface area contributed by atoms with E-state index >= 15 is 0 Å². The lowest BCUT2D eigenvalue weighted by atomic mass is 10.1. The number of rotatable bonds is 3. The molecule has 0 unspecified atom stereocenters. The second-order valence-electron chi connectivity index (χ2n) is 4.23. The SMILES string of the molecule is CN[C@H]1CCCN(S(=O)(=O)C2CC2)C1. The van der Waals surface area contributed by atoms with Gasteiger partial charge in [-0.1, -0.05) is 0 Å². The molecule has 0 aromatic carbocycles. The van der Waals surface area contributed by atoms with Crippen LogP contribution >= 0.6 is 0 Å². The van der Waals surface area contributed by atoms with Crippen molar-refractivity contribution in [2.45, 2.75) is 37.0 Å². The van der Waals surface area contributed by atoms with Gasteiger partial charge in [0.1, 0.15) is 0 Å². The normalized spacial score (nSPS) is 30.5. The molecule has 1 heterocycles. The van der Waals surface area contributed by atoms with Crippen molar-refractivity contribution in [3.05, 3.63) is 0 Å². The fraction of sp³-hybridized carbons (Fsp3) is 1.00. The first-order valence-electron chi connectivity index (χ1n) is 5.31. The molecule has 0 aromatic rings. The van der Waals surface area contributed by atoms with Crippen LogP contribution in [0.5, 0.6) is 0 Å². The Morgan fingerprint density at radius 3 is 2.57 bits per heavy atom. The Kier molecular flexibility index (Phi) is 2.81. The average molecular weight is 218 g/mol. The van der Waals surface area contributed by atoms with Crippen LogP contribution in [0.2, 0.25) is 0 Å². The molecule has 1 aliphatic heterocycles. The van der Waals surface area contributed by atoms with Crippen LogP contribution < -0.4 is 5.32 Å². The first kappa shape index (κ1) is 10.4. The summed E-state index contributed by atoms with van der Waals surface area (Å²) in [5, 5.41) is 3.10. The van der Waals surface area contributed by atoms with Gasteiger partial charge in [0.15, 0.2) is 0 Å². The summed E-state index contributed by atoms with van der Waals surface area (Å²) in [5.41, 5.74) is 0. The van der Waals surface area contributed by atoms with E-state index in [0.29, 0.717) is 12.6 Å². The number of hydrogen-bond acceptors (Lipinski definition) is 3. The van der Waals surface area contributed by atoms with Gasteiger partial charge in [0.05, 0.1) is 5.25 Å². The maximum absolute atomic E-state index is 11.9. The highest BCUT2D eigenvalue weighted by Gasteiger charge is 2.41. The third-order valence-corrected chi connectivity index (χ3v) is 5.46. The third kappa shape index (κ3) is 1.94. The van der Waals surface area contributed by atoms with Gasteiger partial charge in [-0.15, -0.1) is 0 Å². The van der Waals surface area contributed by atoms with Gasteiger partial charge >= 0.3 is 0 Å². The van der Waals surface area contributed by atoms with Crippen molar-refractivity contribution in [3.63, 3.8) is 0 Å².